The van der Waals surface area contributed by atoms with Crippen LogP contribution in [0.25, 0.3) is 0 Å². The van der Waals surface area contributed by atoms with E-state index in [0.717, 1.165) is 5.56 Å². The van der Waals surface area contributed by atoms with Crippen LogP contribution in [0.3, 0.4) is 0 Å². The number of hydrogen-bond donors (Lipinski definition) is 0. The molecule has 0 unspecified atom stereocenters. The number of carbonyl (C=O) groups excluding carboxylic acids is 2. The molecule has 0 fully saturated rings. The maximum atomic E-state index is 12.4. The van der Waals surface area contributed by atoms with Crippen molar-refractivity contribution >= 4 is 23.5 Å². The van der Waals surface area contributed by atoms with Gasteiger partial charge in [-0.2, -0.15) is 0 Å². The van der Waals surface area contributed by atoms with E-state index in [2.05, 4.69) is 5.10 Å². The summed E-state index contributed by atoms with van der Waals surface area (Å²) < 4.78 is 4.96. The summed E-state index contributed by atoms with van der Waals surface area (Å²) >= 11 is 0. The molecule has 106 valence electrons. The summed E-state index contributed by atoms with van der Waals surface area (Å²) in [6.07, 6.45) is 0.251. The van der Waals surface area contributed by atoms with Crippen LogP contribution in [0, 0.1) is 0 Å². The molecule has 3 amide bonds. The lowest BCUT2D eigenvalue weighted by atomic mass is 10.1. The van der Waals surface area contributed by atoms with Crippen LogP contribution in [0.1, 0.15) is 25.8 Å². The van der Waals surface area contributed by atoms with Gasteiger partial charge in [0.25, 0.3) is 0 Å². The predicted molar refractivity (Wildman–Crippen MR) is 75.3 cm³/mol. The number of hydrazone groups is 1. The van der Waals surface area contributed by atoms with E-state index in [1.165, 1.54) is 17.0 Å². The molecule has 1 aliphatic rings. The van der Waals surface area contributed by atoms with Crippen LogP contribution in [0.5, 0.6) is 0 Å². The Morgan fingerprint density at radius 3 is 2.75 bits per heavy atom. The zero-order valence-electron chi connectivity index (χ0n) is 11.8. The van der Waals surface area contributed by atoms with Crippen molar-refractivity contribution in [2.75, 3.05) is 12.0 Å². The first-order chi connectivity index (χ1) is 9.58. The van der Waals surface area contributed by atoms with E-state index in [0.29, 0.717) is 18.1 Å². The lowest BCUT2D eigenvalue weighted by molar-refractivity contribution is -0.117. The van der Waals surface area contributed by atoms with E-state index in [1.807, 2.05) is 12.1 Å². The van der Waals surface area contributed by atoms with E-state index in [1.54, 1.807) is 26.0 Å². The molecule has 0 N–H and O–H groups in total. The van der Waals surface area contributed by atoms with Crippen LogP contribution in [-0.2, 0) is 16.1 Å². The number of benzene rings is 1. The van der Waals surface area contributed by atoms with Crippen molar-refractivity contribution in [3.05, 3.63) is 29.8 Å². The number of rotatable bonds is 2. The monoisotopic (exact) mass is 275 g/mol. The smallest absolute Gasteiger partial charge is 0.352 e. The highest BCUT2D eigenvalue weighted by molar-refractivity contribution is 6.15. The fraction of sp³-hybridized carbons (Fsp3) is 0.357. The van der Waals surface area contributed by atoms with E-state index >= 15 is 0 Å². The number of ether oxygens (including phenoxy) is 1. The molecule has 0 saturated carbocycles. The van der Waals surface area contributed by atoms with Gasteiger partial charge in [-0.25, -0.2) is 14.7 Å². The summed E-state index contributed by atoms with van der Waals surface area (Å²) in [4.78, 5) is 25.6. The Balaban J connectivity index is 2.45. The number of carbonyl (C=O) groups is 2. The number of hydrogen-bond acceptors (Lipinski definition) is 4. The largest absolute Gasteiger partial charge is 0.483 e. The first-order valence-electron chi connectivity index (χ1n) is 6.40. The van der Waals surface area contributed by atoms with Gasteiger partial charge in [0.1, 0.15) is 0 Å². The minimum absolute atomic E-state index is 0.251. The highest BCUT2D eigenvalue weighted by atomic mass is 16.5. The topological polar surface area (TPSA) is 62.2 Å². The summed E-state index contributed by atoms with van der Waals surface area (Å²) in [5.41, 5.74) is 1.51. The molecule has 1 aromatic rings. The summed E-state index contributed by atoms with van der Waals surface area (Å²) in [7, 11) is 1.48. The third-order valence-corrected chi connectivity index (χ3v) is 3.07. The molecule has 0 aliphatic carbocycles. The SMILES string of the molecule is CCC(=O)N1C(=O)N(N=C(C)OC)Cc2ccccc21. The number of urea groups is 1. The highest BCUT2D eigenvalue weighted by Gasteiger charge is 2.34. The summed E-state index contributed by atoms with van der Waals surface area (Å²) in [5.74, 6) is 0.110. The zero-order chi connectivity index (χ0) is 14.7. The number of imide groups is 1. The van der Waals surface area contributed by atoms with Crippen molar-refractivity contribution in [3.8, 4) is 0 Å². The Morgan fingerprint density at radius 2 is 2.10 bits per heavy atom. The Hall–Kier alpha value is -2.37. The van der Waals surface area contributed by atoms with Crippen LogP contribution >= 0.6 is 0 Å². The third kappa shape index (κ3) is 2.49. The molecular weight excluding hydrogens is 258 g/mol. The quantitative estimate of drug-likeness (QED) is 0.614. The molecule has 0 spiro atoms. The maximum absolute atomic E-state index is 12.4. The fourth-order valence-corrected chi connectivity index (χ4v) is 2.00. The van der Waals surface area contributed by atoms with E-state index in [4.69, 9.17) is 4.74 Å². The molecule has 1 heterocycles. The third-order valence-electron chi connectivity index (χ3n) is 3.07. The second-order valence-corrected chi connectivity index (χ2v) is 4.37. The minimum Gasteiger partial charge on any atom is -0.483 e. The average molecular weight is 275 g/mol. The van der Waals surface area contributed by atoms with Gasteiger partial charge in [0.2, 0.25) is 11.8 Å². The van der Waals surface area contributed by atoms with Crippen LogP contribution in [0.2, 0.25) is 0 Å². The molecule has 0 aromatic heterocycles. The molecule has 0 radical (unpaired) electrons. The van der Waals surface area contributed by atoms with E-state index in [-0.39, 0.29) is 12.3 Å². The maximum Gasteiger partial charge on any atom is 0.352 e. The number of amides is 3. The Labute approximate surface area is 117 Å². The van der Waals surface area contributed by atoms with Crippen molar-refractivity contribution < 1.29 is 14.3 Å². The molecule has 6 heteroatoms. The second-order valence-electron chi connectivity index (χ2n) is 4.37. The lowest BCUT2D eigenvalue weighted by Crippen LogP contribution is -2.48. The lowest BCUT2D eigenvalue weighted by Gasteiger charge is -2.33. The predicted octanol–water partition coefficient (Wildman–Crippen LogP) is 2.35. The van der Waals surface area contributed by atoms with Crippen LogP contribution < -0.4 is 4.90 Å². The second kappa shape index (κ2) is 5.73. The summed E-state index contributed by atoms with van der Waals surface area (Å²) in [6, 6.07) is 6.87. The van der Waals surface area contributed by atoms with Crippen molar-refractivity contribution in [2.45, 2.75) is 26.8 Å². The van der Waals surface area contributed by atoms with Gasteiger partial charge in [-0.15, -0.1) is 5.10 Å². The molecular formula is C14H17N3O3. The number of para-hydroxylation sites is 1. The minimum atomic E-state index is -0.452. The van der Waals surface area contributed by atoms with Gasteiger partial charge in [0.15, 0.2) is 0 Å². The van der Waals surface area contributed by atoms with Crippen molar-refractivity contribution in [1.29, 1.82) is 0 Å². The Kier molecular flexibility index (Phi) is 4.02. The number of fused-ring (bicyclic) bond motifs is 1. The van der Waals surface area contributed by atoms with Gasteiger partial charge in [-0.1, -0.05) is 25.1 Å². The van der Waals surface area contributed by atoms with Gasteiger partial charge >= 0.3 is 6.03 Å². The van der Waals surface area contributed by atoms with Crippen molar-refractivity contribution in [2.24, 2.45) is 5.10 Å². The molecule has 0 bridgehead atoms. The fourth-order valence-electron chi connectivity index (χ4n) is 2.00. The van der Waals surface area contributed by atoms with Gasteiger partial charge in [0, 0.05) is 13.3 Å². The van der Waals surface area contributed by atoms with E-state index in [9.17, 15) is 9.59 Å². The van der Waals surface area contributed by atoms with Gasteiger partial charge in [0.05, 0.1) is 19.3 Å². The summed E-state index contributed by atoms with van der Waals surface area (Å²) in [6.45, 7) is 3.70. The standard InChI is InChI=1S/C14H17N3O3/c1-4-13(18)17-12-8-6-5-7-11(12)9-16(14(17)19)15-10(2)20-3/h5-8H,4,9H2,1-3H3. The number of methoxy groups -OCH3 is 1. The number of anilines is 1. The molecule has 0 atom stereocenters. The van der Waals surface area contributed by atoms with Crippen molar-refractivity contribution in [3.63, 3.8) is 0 Å². The summed E-state index contributed by atoms with van der Waals surface area (Å²) in [5, 5.41) is 5.33. The molecule has 1 aromatic carbocycles. The van der Waals surface area contributed by atoms with Gasteiger partial charge in [-0.05, 0) is 11.6 Å². The molecule has 1 aliphatic heterocycles. The van der Waals surface area contributed by atoms with Crippen LogP contribution in [-0.4, -0.2) is 30.0 Å². The van der Waals surface area contributed by atoms with Gasteiger partial charge < -0.3 is 4.74 Å². The van der Waals surface area contributed by atoms with Crippen LogP contribution in [0.4, 0.5) is 10.5 Å². The normalized spacial score (nSPS) is 15.2. The number of nitrogens with zero attached hydrogens (tertiary/aromatic N) is 3. The average Bonchev–Trinajstić information content (AvgIpc) is 2.47. The van der Waals surface area contributed by atoms with E-state index < -0.39 is 6.03 Å². The van der Waals surface area contributed by atoms with Crippen molar-refractivity contribution in [1.82, 2.24) is 5.01 Å². The van der Waals surface area contributed by atoms with Gasteiger partial charge in [-0.3, -0.25) is 4.79 Å². The Bertz CT molecular complexity index is 569. The molecule has 0 saturated heterocycles. The Morgan fingerprint density at radius 1 is 1.40 bits per heavy atom. The highest BCUT2D eigenvalue weighted by Crippen LogP contribution is 2.29. The molecule has 6 nitrogen and oxygen atoms in total. The molecule has 2 rings (SSSR count). The van der Waals surface area contributed by atoms with Crippen LogP contribution in [0.15, 0.2) is 29.4 Å². The zero-order valence-corrected chi connectivity index (χ0v) is 11.8. The molecule has 20 heavy (non-hydrogen) atoms. The first-order valence-corrected chi connectivity index (χ1v) is 6.40. The first kappa shape index (κ1) is 14.0.